The molecule has 2 heterocycles. The summed E-state index contributed by atoms with van der Waals surface area (Å²) in [5.41, 5.74) is 3.92. The minimum atomic E-state index is -0.493. The van der Waals surface area contributed by atoms with Crippen molar-refractivity contribution in [1.29, 1.82) is 5.26 Å². The zero-order valence-electron chi connectivity index (χ0n) is 19.3. The molecular formula is C28H24N4O3. The second-order valence-electron chi connectivity index (χ2n) is 7.72. The first-order chi connectivity index (χ1) is 17.1. The molecule has 0 saturated heterocycles. The van der Waals surface area contributed by atoms with Crippen LogP contribution in [0.1, 0.15) is 16.9 Å². The van der Waals surface area contributed by atoms with Crippen LogP contribution >= 0.6 is 0 Å². The molecule has 2 aromatic heterocycles. The van der Waals surface area contributed by atoms with Crippen LogP contribution in [0.25, 0.3) is 23.0 Å². The van der Waals surface area contributed by atoms with Crippen molar-refractivity contribution in [2.45, 2.75) is 13.5 Å². The summed E-state index contributed by atoms with van der Waals surface area (Å²) in [6, 6.07) is 20.9. The molecular weight excluding hydrogens is 440 g/mol. The van der Waals surface area contributed by atoms with Gasteiger partial charge in [-0.3, -0.25) is 4.79 Å². The summed E-state index contributed by atoms with van der Waals surface area (Å²) in [5, 5.41) is 17.2. The summed E-state index contributed by atoms with van der Waals surface area (Å²) in [5.74, 6) is 0.829. The molecule has 0 aliphatic carbocycles. The van der Waals surface area contributed by atoms with Gasteiger partial charge in [0, 0.05) is 17.3 Å². The van der Waals surface area contributed by atoms with Crippen molar-refractivity contribution >= 4 is 12.0 Å². The number of rotatable bonds is 9. The molecule has 0 radical (unpaired) electrons. The molecule has 0 aliphatic rings. The summed E-state index contributed by atoms with van der Waals surface area (Å²) >= 11 is 0. The fourth-order valence-electron chi connectivity index (χ4n) is 3.54. The molecule has 1 N–H and O–H groups in total. The number of nitrogens with zero attached hydrogens (tertiary/aromatic N) is 3. The highest BCUT2D eigenvalue weighted by Crippen LogP contribution is 2.30. The van der Waals surface area contributed by atoms with E-state index in [0.717, 1.165) is 22.6 Å². The van der Waals surface area contributed by atoms with Gasteiger partial charge < -0.3 is 14.5 Å². The quantitative estimate of drug-likeness (QED) is 0.208. The van der Waals surface area contributed by atoms with Crippen molar-refractivity contribution in [3.8, 4) is 28.8 Å². The van der Waals surface area contributed by atoms with Crippen LogP contribution in [0.4, 0.5) is 0 Å². The molecule has 0 aliphatic heterocycles. The van der Waals surface area contributed by atoms with Gasteiger partial charge in [-0.2, -0.15) is 10.4 Å². The second-order valence-corrected chi connectivity index (χ2v) is 7.72. The van der Waals surface area contributed by atoms with Crippen molar-refractivity contribution in [2.24, 2.45) is 0 Å². The molecule has 0 unspecified atom stereocenters. The average Bonchev–Trinajstić information content (AvgIpc) is 3.55. The summed E-state index contributed by atoms with van der Waals surface area (Å²) in [6.07, 6.45) is 6.58. The monoisotopic (exact) mass is 464 g/mol. The highest BCUT2D eigenvalue weighted by Gasteiger charge is 2.17. The predicted molar refractivity (Wildman–Crippen MR) is 134 cm³/mol. The van der Waals surface area contributed by atoms with E-state index >= 15 is 0 Å². The number of carbonyl (C=O) groups is 1. The van der Waals surface area contributed by atoms with E-state index < -0.39 is 5.91 Å². The number of carbonyl (C=O) groups excluding carboxylic acids is 1. The lowest BCUT2D eigenvalue weighted by Crippen LogP contribution is -2.23. The molecule has 0 saturated carbocycles. The standard InChI is InChI=1S/C28H24N4O3/c1-3-13-34-24-11-12-26(20(2)15-24)27-22(19-32(31-27)23-8-5-4-6-9-23)16-21(17-29)28(33)30-18-25-10-7-14-35-25/h3-12,14-16,19H,1,13,18H2,2H3,(H,30,33)/b21-16+. The van der Waals surface area contributed by atoms with E-state index in [0.29, 0.717) is 23.6 Å². The lowest BCUT2D eigenvalue weighted by molar-refractivity contribution is -0.117. The lowest BCUT2D eigenvalue weighted by atomic mass is 10.0. The maximum absolute atomic E-state index is 12.7. The van der Waals surface area contributed by atoms with Crippen LogP contribution in [0.15, 0.2) is 95.8 Å². The van der Waals surface area contributed by atoms with Crippen molar-refractivity contribution in [2.75, 3.05) is 6.61 Å². The molecule has 0 spiro atoms. The third-order valence-electron chi connectivity index (χ3n) is 5.25. The predicted octanol–water partition coefficient (Wildman–Crippen LogP) is 5.23. The zero-order chi connectivity index (χ0) is 24.6. The smallest absolute Gasteiger partial charge is 0.262 e. The normalized spacial score (nSPS) is 11.0. The Kier molecular flexibility index (Phi) is 7.24. The summed E-state index contributed by atoms with van der Waals surface area (Å²) in [6.45, 7) is 6.24. The molecule has 1 amide bonds. The average molecular weight is 465 g/mol. The van der Waals surface area contributed by atoms with Gasteiger partial charge >= 0.3 is 0 Å². The molecule has 174 valence electrons. The maximum atomic E-state index is 12.7. The Morgan fingerprint density at radius 2 is 2.06 bits per heavy atom. The number of hydrogen-bond acceptors (Lipinski definition) is 5. The number of aryl methyl sites for hydroxylation is 1. The minimum absolute atomic E-state index is 0.0333. The number of ether oxygens (including phenoxy) is 1. The molecule has 7 nitrogen and oxygen atoms in total. The Morgan fingerprint density at radius 1 is 1.23 bits per heavy atom. The Labute approximate surface area is 203 Å². The van der Waals surface area contributed by atoms with Gasteiger partial charge in [0.1, 0.15) is 35.5 Å². The van der Waals surface area contributed by atoms with Gasteiger partial charge in [-0.15, -0.1) is 0 Å². The van der Waals surface area contributed by atoms with E-state index in [4.69, 9.17) is 14.3 Å². The van der Waals surface area contributed by atoms with Crippen molar-refractivity contribution in [3.63, 3.8) is 0 Å². The number of benzene rings is 2. The third kappa shape index (κ3) is 5.57. The molecule has 2 aromatic carbocycles. The van der Waals surface area contributed by atoms with E-state index in [1.54, 1.807) is 29.0 Å². The highest BCUT2D eigenvalue weighted by molar-refractivity contribution is 6.02. The number of furan rings is 1. The Balaban J connectivity index is 1.72. The van der Waals surface area contributed by atoms with Gasteiger partial charge in [-0.1, -0.05) is 30.9 Å². The molecule has 4 aromatic rings. The first-order valence-corrected chi connectivity index (χ1v) is 11.0. The van der Waals surface area contributed by atoms with E-state index in [2.05, 4.69) is 11.9 Å². The van der Waals surface area contributed by atoms with Crippen molar-refractivity contribution in [1.82, 2.24) is 15.1 Å². The number of hydrogen-bond donors (Lipinski definition) is 1. The third-order valence-corrected chi connectivity index (χ3v) is 5.25. The largest absolute Gasteiger partial charge is 0.490 e. The lowest BCUT2D eigenvalue weighted by Gasteiger charge is -2.09. The fraction of sp³-hybridized carbons (Fsp3) is 0.107. The van der Waals surface area contributed by atoms with E-state index in [-0.39, 0.29) is 12.1 Å². The second kappa shape index (κ2) is 10.9. The number of aromatic nitrogens is 2. The molecule has 0 bridgehead atoms. The summed E-state index contributed by atoms with van der Waals surface area (Å²) in [7, 11) is 0. The van der Waals surface area contributed by atoms with Crippen LogP contribution in [0, 0.1) is 18.3 Å². The number of para-hydroxylation sites is 1. The maximum Gasteiger partial charge on any atom is 0.262 e. The van der Waals surface area contributed by atoms with Gasteiger partial charge in [0.2, 0.25) is 0 Å². The topological polar surface area (TPSA) is 93.1 Å². The Bertz CT molecular complexity index is 1390. The van der Waals surface area contributed by atoms with Gasteiger partial charge in [-0.25, -0.2) is 4.68 Å². The fourth-order valence-corrected chi connectivity index (χ4v) is 3.54. The molecule has 35 heavy (non-hydrogen) atoms. The first-order valence-electron chi connectivity index (χ1n) is 11.0. The Hall–Kier alpha value is -4.83. The van der Waals surface area contributed by atoms with Crippen LogP contribution in [-0.2, 0) is 11.3 Å². The van der Waals surface area contributed by atoms with Gasteiger partial charge in [-0.05, 0) is 61.0 Å². The number of nitrogens with one attached hydrogen (secondary N) is 1. The van der Waals surface area contributed by atoms with Crippen LogP contribution in [0.5, 0.6) is 5.75 Å². The number of amides is 1. The number of nitriles is 1. The van der Waals surface area contributed by atoms with Crippen LogP contribution in [-0.4, -0.2) is 22.3 Å². The molecule has 0 fully saturated rings. The zero-order valence-corrected chi connectivity index (χ0v) is 19.3. The Morgan fingerprint density at radius 3 is 2.74 bits per heavy atom. The van der Waals surface area contributed by atoms with Gasteiger partial charge in [0.15, 0.2) is 0 Å². The van der Waals surface area contributed by atoms with Gasteiger partial charge in [0.05, 0.1) is 18.5 Å². The summed E-state index contributed by atoms with van der Waals surface area (Å²) < 4.78 is 12.6. The van der Waals surface area contributed by atoms with E-state index in [1.807, 2.05) is 67.7 Å². The molecule has 4 rings (SSSR count). The highest BCUT2D eigenvalue weighted by atomic mass is 16.5. The van der Waals surface area contributed by atoms with E-state index in [1.165, 1.54) is 6.26 Å². The van der Waals surface area contributed by atoms with Crippen LogP contribution in [0.3, 0.4) is 0 Å². The SMILES string of the molecule is C=CCOc1ccc(-c2nn(-c3ccccc3)cc2/C=C(\C#N)C(=O)NCc2ccco2)c(C)c1. The first kappa shape index (κ1) is 23.3. The minimum Gasteiger partial charge on any atom is -0.490 e. The van der Waals surface area contributed by atoms with E-state index in [9.17, 15) is 10.1 Å². The summed E-state index contributed by atoms with van der Waals surface area (Å²) in [4.78, 5) is 12.7. The molecule has 7 heteroatoms. The van der Waals surface area contributed by atoms with Gasteiger partial charge in [0.25, 0.3) is 5.91 Å². The van der Waals surface area contributed by atoms with Crippen LogP contribution < -0.4 is 10.1 Å². The molecule has 0 atom stereocenters. The van der Waals surface area contributed by atoms with Crippen molar-refractivity contribution in [3.05, 3.63) is 108 Å². The van der Waals surface area contributed by atoms with Crippen LogP contribution in [0.2, 0.25) is 0 Å². The van der Waals surface area contributed by atoms with Crippen molar-refractivity contribution < 1.29 is 13.9 Å².